The third-order valence-corrected chi connectivity index (χ3v) is 5.10. The molecule has 0 aliphatic heterocycles. The van der Waals surface area contributed by atoms with E-state index in [4.69, 9.17) is 0 Å². The Kier molecular flexibility index (Phi) is 15.0. The zero-order valence-corrected chi connectivity index (χ0v) is 24.4. The Morgan fingerprint density at radius 1 is 0.606 bits per heavy atom. The van der Waals surface area contributed by atoms with E-state index in [1.54, 1.807) is 12.1 Å². The van der Waals surface area contributed by atoms with Crippen LogP contribution in [0.25, 0.3) is 0 Å². The number of rotatable bonds is 0. The molecule has 2 nitrogen and oxygen atoms in total. The summed E-state index contributed by atoms with van der Waals surface area (Å²) in [5.74, 6) is 0.793. The second-order valence-corrected chi connectivity index (χ2v) is 10.6. The van der Waals surface area contributed by atoms with Crippen LogP contribution in [0.5, 0.6) is 11.5 Å². The Bertz CT molecular complexity index is 900. The summed E-state index contributed by atoms with van der Waals surface area (Å²) in [6.07, 6.45) is 0. The standard InChI is InChI=1S/2C11H16O.C6H7P.ClH.Cr/c2*1-8-5-6-10(12)9(7-8)11(2,3)4;7-6-4-2-1-3-5-6;;/h2*5-7,12H,1-4H3;1-5H,7H2;1H;. The predicted molar refractivity (Wildman–Crippen MR) is 146 cm³/mol. The van der Waals surface area contributed by atoms with Crippen LogP contribution in [0.15, 0.2) is 66.7 Å². The first-order valence-corrected chi connectivity index (χ1v) is 11.2. The van der Waals surface area contributed by atoms with Gasteiger partial charge >= 0.3 is 0 Å². The van der Waals surface area contributed by atoms with Crippen LogP contribution in [0.3, 0.4) is 0 Å². The molecular formula is C28H40ClCrO2P. The number of phenols is 2. The van der Waals surface area contributed by atoms with Crippen LogP contribution in [0, 0.1) is 13.8 Å². The maximum absolute atomic E-state index is 9.57. The van der Waals surface area contributed by atoms with Gasteiger partial charge in [0.1, 0.15) is 11.5 Å². The fourth-order valence-corrected chi connectivity index (χ4v) is 3.18. The number of halogens is 1. The van der Waals surface area contributed by atoms with E-state index in [-0.39, 0.29) is 40.6 Å². The van der Waals surface area contributed by atoms with Crippen molar-refractivity contribution in [3.63, 3.8) is 0 Å². The van der Waals surface area contributed by atoms with Gasteiger partial charge in [-0.2, -0.15) is 0 Å². The second kappa shape index (κ2) is 14.7. The van der Waals surface area contributed by atoms with E-state index in [9.17, 15) is 10.2 Å². The number of aromatic hydroxyl groups is 2. The van der Waals surface area contributed by atoms with Gasteiger partial charge in [-0.15, -0.1) is 21.6 Å². The van der Waals surface area contributed by atoms with Crippen molar-refractivity contribution >= 4 is 27.0 Å². The fraction of sp³-hybridized carbons (Fsp3) is 0.357. The molecule has 2 N–H and O–H groups in total. The molecule has 3 rings (SSSR count). The van der Waals surface area contributed by atoms with Crippen LogP contribution in [-0.4, -0.2) is 10.2 Å². The van der Waals surface area contributed by atoms with E-state index < -0.39 is 0 Å². The maximum Gasteiger partial charge on any atom is 0.119 e. The van der Waals surface area contributed by atoms with Crippen LogP contribution in [0.2, 0.25) is 0 Å². The average molecular weight is 527 g/mol. The molecule has 0 radical (unpaired) electrons. The van der Waals surface area contributed by atoms with Crippen LogP contribution in [0.4, 0.5) is 0 Å². The van der Waals surface area contributed by atoms with Crippen molar-refractivity contribution in [3.8, 4) is 11.5 Å². The molecule has 3 aromatic carbocycles. The third-order valence-electron chi connectivity index (χ3n) is 4.72. The second-order valence-electron chi connectivity index (χ2n) is 9.95. The van der Waals surface area contributed by atoms with E-state index in [1.807, 2.05) is 68.4 Å². The third kappa shape index (κ3) is 12.5. The normalized spacial score (nSPS) is 10.3. The monoisotopic (exact) mass is 526 g/mol. The maximum atomic E-state index is 9.57. The molecule has 0 fully saturated rings. The molecule has 0 heterocycles. The summed E-state index contributed by atoms with van der Waals surface area (Å²) in [4.78, 5) is 0. The van der Waals surface area contributed by atoms with Gasteiger partial charge in [-0.05, 0) is 53.2 Å². The first-order valence-electron chi connectivity index (χ1n) is 10.6. The van der Waals surface area contributed by atoms with Crippen molar-refractivity contribution in [2.75, 3.05) is 0 Å². The molecular weight excluding hydrogens is 487 g/mol. The van der Waals surface area contributed by atoms with Crippen molar-refractivity contribution in [1.82, 2.24) is 0 Å². The zero-order valence-electron chi connectivity index (χ0n) is 21.1. The van der Waals surface area contributed by atoms with Crippen molar-refractivity contribution in [2.24, 2.45) is 0 Å². The zero-order chi connectivity index (χ0) is 23.8. The summed E-state index contributed by atoms with van der Waals surface area (Å²) in [6.45, 7) is 16.7. The minimum atomic E-state index is 0. The number of phenolic OH excluding ortho intramolecular Hbond substituents is 2. The van der Waals surface area contributed by atoms with E-state index in [2.05, 4.69) is 50.8 Å². The van der Waals surface area contributed by atoms with Gasteiger partial charge in [-0.25, -0.2) is 0 Å². The smallest absolute Gasteiger partial charge is 0.119 e. The summed E-state index contributed by atoms with van der Waals surface area (Å²) in [5, 5.41) is 20.4. The molecule has 182 valence electrons. The van der Waals surface area contributed by atoms with Crippen molar-refractivity contribution < 1.29 is 27.6 Å². The number of aryl methyl sites for hydroxylation is 2. The number of hydrogen-bond donors (Lipinski definition) is 2. The predicted octanol–water partition coefficient (Wildman–Crippen LogP) is 7.60. The molecule has 1 unspecified atom stereocenters. The minimum Gasteiger partial charge on any atom is -0.508 e. The van der Waals surface area contributed by atoms with Gasteiger partial charge in [0, 0.05) is 17.4 Å². The molecule has 0 amide bonds. The quantitative estimate of drug-likeness (QED) is 0.296. The number of hydrogen-bond acceptors (Lipinski definition) is 2. The molecule has 1 atom stereocenters. The van der Waals surface area contributed by atoms with Crippen molar-refractivity contribution in [2.45, 2.75) is 66.2 Å². The van der Waals surface area contributed by atoms with Crippen LogP contribution < -0.4 is 5.30 Å². The first-order chi connectivity index (χ1) is 14.2. The minimum absolute atomic E-state index is 0. The Morgan fingerprint density at radius 3 is 1.15 bits per heavy atom. The van der Waals surface area contributed by atoms with Gasteiger partial charge in [0.05, 0.1) is 0 Å². The topological polar surface area (TPSA) is 40.5 Å². The van der Waals surface area contributed by atoms with E-state index >= 15 is 0 Å². The largest absolute Gasteiger partial charge is 0.508 e. The summed E-state index contributed by atoms with van der Waals surface area (Å²) in [5.41, 5.74) is 4.46. The van der Waals surface area contributed by atoms with Crippen molar-refractivity contribution in [3.05, 3.63) is 89.0 Å². The van der Waals surface area contributed by atoms with Gasteiger partial charge in [0.2, 0.25) is 0 Å². The Morgan fingerprint density at radius 2 is 0.939 bits per heavy atom. The van der Waals surface area contributed by atoms with Crippen LogP contribution in [-0.2, 0) is 28.2 Å². The van der Waals surface area contributed by atoms with Crippen molar-refractivity contribution in [1.29, 1.82) is 0 Å². The first kappa shape index (κ1) is 33.7. The summed E-state index contributed by atoms with van der Waals surface area (Å²) in [6, 6.07) is 21.6. The SMILES string of the molecule is Cc1ccc(O)c(C(C)(C)C)c1.Cc1ccc(O)c(C(C)(C)C)c1.Cl.Pc1ccccc1.[Cr]. The van der Waals surface area contributed by atoms with E-state index in [0.29, 0.717) is 11.5 Å². The molecule has 0 aliphatic carbocycles. The molecule has 33 heavy (non-hydrogen) atoms. The molecule has 0 aliphatic rings. The van der Waals surface area contributed by atoms with Crippen LogP contribution >= 0.6 is 21.6 Å². The van der Waals surface area contributed by atoms with Gasteiger partial charge in [0.25, 0.3) is 0 Å². The van der Waals surface area contributed by atoms with Gasteiger partial charge in [-0.3, -0.25) is 0 Å². The summed E-state index contributed by atoms with van der Waals surface area (Å²) in [7, 11) is 2.63. The Labute approximate surface area is 220 Å². The Balaban J connectivity index is 0. The molecule has 0 bridgehead atoms. The summed E-state index contributed by atoms with van der Waals surface area (Å²) < 4.78 is 0. The van der Waals surface area contributed by atoms with E-state index in [0.717, 1.165) is 11.1 Å². The molecule has 5 heteroatoms. The van der Waals surface area contributed by atoms with Crippen LogP contribution in [0.1, 0.15) is 63.8 Å². The molecule has 0 spiro atoms. The van der Waals surface area contributed by atoms with E-state index in [1.165, 1.54) is 16.4 Å². The molecule has 0 saturated carbocycles. The molecule has 3 aromatic rings. The van der Waals surface area contributed by atoms with Gasteiger partial charge in [-0.1, -0.05) is 107 Å². The average Bonchev–Trinajstić information content (AvgIpc) is 2.66. The number of benzene rings is 3. The van der Waals surface area contributed by atoms with Gasteiger partial charge in [0.15, 0.2) is 0 Å². The Hall–Kier alpha value is -1.49. The molecule has 0 saturated heterocycles. The van der Waals surface area contributed by atoms with Gasteiger partial charge < -0.3 is 10.2 Å². The fourth-order valence-electron chi connectivity index (χ4n) is 2.95. The summed E-state index contributed by atoms with van der Waals surface area (Å²) >= 11 is 0. The molecule has 0 aromatic heterocycles.